The summed E-state index contributed by atoms with van der Waals surface area (Å²) < 4.78 is 10.2. The Labute approximate surface area is 96.3 Å². The molecule has 0 atom stereocenters. The zero-order valence-electron chi connectivity index (χ0n) is 10.5. The van der Waals surface area contributed by atoms with Crippen molar-refractivity contribution < 1.29 is 19.1 Å². The van der Waals surface area contributed by atoms with E-state index in [4.69, 9.17) is 9.47 Å². The van der Waals surface area contributed by atoms with E-state index in [1.165, 1.54) is 0 Å². The summed E-state index contributed by atoms with van der Waals surface area (Å²) in [6.07, 6.45) is 3.37. The van der Waals surface area contributed by atoms with Crippen LogP contribution in [0.1, 0.15) is 53.4 Å². The Morgan fingerprint density at radius 2 is 1.50 bits per heavy atom. The average Bonchev–Trinajstić information content (AvgIpc) is 2.14. The highest BCUT2D eigenvalue weighted by Gasteiger charge is 2.52. The molecule has 1 aliphatic heterocycles. The molecule has 0 radical (unpaired) electrons. The van der Waals surface area contributed by atoms with Crippen LogP contribution in [0.15, 0.2) is 0 Å². The molecule has 0 aromatic rings. The van der Waals surface area contributed by atoms with E-state index in [2.05, 4.69) is 6.92 Å². The normalized spacial score (nSPS) is 22.5. The van der Waals surface area contributed by atoms with Crippen LogP contribution < -0.4 is 0 Å². The first-order valence-electron chi connectivity index (χ1n) is 5.79. The standard InChI is InChI=1S/C12H20O4/c1-5-6-7-8-12(4)9(13)15-11(2,3)16-10(12)14/h5-8H2,1-4H3. The van der Waals surface area contributed by atoms with Crippen LogP contribution in [0.2, 0.25) is 0 Å². The van der Waals surface area contributed by atoms with Gasteiger partial charge in [-0.05, 0) is 13.3 Å². The number of rotatable bonds is 4. The topological polar surface area (TPSA) is 52.6 Å². The van der Waals surface area contributed by atoms with Crippen LogP contribution in [-0.4, -0.2) is 17.7 Å². The first kappa shape index (κ1) is 13.0. The Hall–Kier alpha value is -1.06. The van der Waals surface area contributed by atoms with Crippen LogP contribution in [0, 0.1) is 5.41 Å². The summed E-state index contributed by atoms with van der Waals surface area (Å²) in [6.45, 7) is 6.80. The van der Waals surface area contributed by atoms with Gasteiger partial charge in [0.2, 0.25) is 0 Å². The maximum atomic E-state index is 11.8. The predicted molar refractivity (Wildman–Crippen MR) is 58.5 cm³/mol. The predicted octanol–water partition coefficient (Wildman–Crippen LogP) is 2.41. The molecular weight excluding hydrogens is 208 g/mol. The molecular formula is C12H20O4. The minimum Gasteiger partial charge on any atom is -0.422 e. The second-order valence-electron chi connectivity index (χ2n) is 4.97. The first-order chi connectivity index (χ1) is 7.32. The van der Waals surface area contributed by atoms with E-state index in [1.807, 2.05) is 0 Å². The SMILES string of the molecule is CCCCCC1(C)C(=O)OC(C)(C)OC1=O. The van der Waals surface area contributed by atoms with Gasteiger partial charge in [-0.2, -0.15) is 0 Å². The smallest absolute Gasteiger partial charge is 0.326 e. The minimum absolute atomic E-state index is 0.468. The lowest BCUT2D eigenvalue weighted by Crippen LogP contribution is -2.52. The number of carbonyl (C=O) groups is 2. The first-order valence-corrected chi connectivity index (χ1v) is 5.79. The van der Waals surface area contributed by atoms with Crippen molar-refractivity contribution in [3.8, 4) is 0 Å². The second kappa shape index (κ2) is 4.44. The molecule has 4 heteroatoms. The van der Waals surface area contributed by atoms with Gasteiger partial charge >= 0.3 is 11.9 Å². The van der Waals surface area contributed by atoms with E-state index >= 15 is 0 Å². The Morgan fingerprint density at radius 1 is 1.00 bits per heavy atom. The van der Waals surface area contributed by atoms with Crippen molar-refractivity contribution in [1.82, 2.24) is 0 Å². The van der Waals surface area contributed by atoms with Gasteiger partial charge in [-0.1, -0.05) is 26.2 Å². The Balaban J connectivity index is 2.72. The van der Waals surface area contributed by atoms with Gasteiger partial charge in [-0.15, -0.1) is 0 Å². The van der Waals surface area contributed by atoms with E-state index in [0.29, 0.717) is 6.42 Å². The van der Waals surface area contributed by atoms with Gasteiger partial charge in [-0.25, -0.2) is 0 Å². The molecule has 92 valence electrons. The third-order valence-electron chi connectivity index (χ3n) is 2.86. The van der Waals surface area contributed by atoms with Crippen LogP contribution in [0.3, 0.4) is 0 Å². The number of esters is 2. The number of hydrogen-bond acceptors (Lipinski definition) is 4. The van der Waals surface area contributed by atoms with Crippen LogP contribution in [0.4, 0.5) is 0 Å². The zero-order chi connectivity index (χ0) is 12.4. The number of cyclic esters (lactones) is 2. The molecule has 0 spiro atoms. The molecule has 1 saturated heterocycles. The fourth-order valence-corrected chi connectivity index (χ4v) is 1.71. The molecule has 1 fully saturated rings. The van der Waals surface area contributed by atoms with Gasteiger partial charge in [0.15, 0.2) is 5.41 Å². The van der Waals surface area contributed by atoms with Gasteiger partial charge < -0.3 is 9.47 Å². The summed E-state index contributed by atoms with van der Waals surface area (Å²) in [5.41, 5.74) is -1.12. The summed E-state index contributed by atoms with van der Waals surface area (Å²) >= 11 is 0. The molecule has 4 nitrogen and oxygen atoms in total. The van der Waals surface area contributed by atoms with Crippen molar-refractivity contribution in [2.75, 3.05) is 0 Å². The third kappa shape index (κ3) is 2.54. The highest BCUT2D eigenvalue weighted by atomic mass is 16.7. The molecule has 0 amide bonds. The molecule has 16 heavy (non-hydrogen) atoms. The Morgan fingerprint density at radius 3 is 1.94 bits per heavy atom. The quantitative estimate of drug-likeness (QED) is 0.421. The highest BCUT2D eigenvalue weighted by molar-refractivity contribution is 6.01. The summed E-state index contributed by atoms with van der Waals surface area (Å²) in [7, 11) is 0. The molecule has 1 heterocycles. The summed E-state index contributed by atoms with van der Waals surface area (Å²) in [5, 5.41) is 0. The molecule has 0 aromatic heterocycles. The minimum atomic E-state index is -1.13. The van der Waals surface area contributed by atoms with Gasteiger partial charge in [-0.3, -0.25) is 9.59 Å². The average molecular weight is 228 g/mol. The fraction of sp³-hybridized carbons (Fsp3) is 0.833. The monoisotopic (exact) mass is 228 g/mol. The van der Waals surface area contributed by atoms with Gasteiger partial charge in [0.1, 0.15) is 0 Å². The van der Waals surface area contributed by atoms with Crippen LogP contribution in [-0.2, 0) is 19.1 Å². The summed E-state index contributed by atoms with van der Waals surface area (Å²) in [6, 6.07) is 0. The number of carbonyl (C=O) groups excluding carboxylic acids is 2. The van der Waals surface area contributed by atoms with E-state index in [9.17, 15) is 9.59 Å². The third-order valence-corrected chi connectivity index (χ3v) is 2.86. The maximum Gasteiger partial charge on any atom is 0.326 e. The summed E-state index contributed by atoms with van der Waals surface area (Å²) in [4.78, 5) is 23.6. The Bertz CT molecular complexity index is 273. The molecule has 0 N–H and O–H groups in total. The van der Waals surface area contributed by atoms with Crippen LogP contribution in [0.25, 0.3) is 0 Å². The van der Waals surface area contributed by atoms with E-state index < -0.39 is 23.1 Å². The zero-order valence-corrected chi connectivity index (χ0v) is 10.5. The summed E-state index contributed by atoms with van der Waals surface area (Å²) in [5.74, 6) is -2.06. The van der Waals surface area contributed by atoms with Crippen LogP contribution >= 0.6 is 0 Å². The lowest BCUT2D eigenvalue weighted by atomic mass is 9.84. The van der Waals surface area contributed by atoms with E-state index in [0.717, 1.165) is 19.3 Å². The van der Waals surface area contributed by atoms with Gasteiger partial charge in [0.05, 0.1) is 0 Å². The molecule has 0 saturated carbocycles. The molecule has 1 aliphatic rings. The fourth-order valence-electron chi connectivity index (χ4n) is 1.71. The van der Waals surface area contributed by atoms with E-state index in [1.54, 1.807) is 20.8 Å². The highest BCUT2D eigenvalue weighted by Crippen LogP contribution is 2.36. The molecule has 0 aromatic carbocycles. The molecule has 1 rings (SSSR count). The van der Waals surface area contributed by atoms with Crippen molar-refractivity contribution in [2.24, 2.45) is 5.41 Å². The van der Waals surface area contributed by atoms with Crippen molar-refractivity contribution in [2.45, 2.75) is 59.2 Å². The largest absolute Gasteiger partial charge is 0.422 e. The van der Waals surface area contributed by atoms with Gasteiger partial charge in [0, 0.05) is 13.8 Å². The lowest BCUT2D eigenvalue weighted by molar-refractivity contribution is -0.250. The van der Waals surface area contributed by atoms with Crippen molar-refractivity contribution in [1.29, 1.82) is 0 Å². The van der Waals surface area contributed by atoms with Gasteiger partial charge in [0.25, 0.3) is 5.79 Å². The Kier molecular flexibility index (Phi) is 3.61. The second-order valence-corrected chi connectivity index (χ2v) is 4.97. The van der Waals surface area contributed by atoms with E-state index in [-0.39, 0.29) is 0 Å². The number of hydrogen-bond donors (Lipinski definition) is 0. The van der Waals surface area contributed by atoms with Crippen LogP contribution in [0.5, 0.6) is 0 Å². The molecule has 0 aliphatic carbocycles. The van der Waals surface area contributed by atoms with Crippen molar-refractivity contribution in [3.05, 3.63) is 0 Å². The van der Waals surface area contributed by atoms with Crippen molar-refractivity contribution >= 4 is 11.9 Å². The lowest BCUT2D eigenvalue weighted by Gasteiger charge is -2.38. The number of ether oxygens (including phenoxy) is 2. The maximum absolute atomic E-state index is 11.8. The molecule has 0 bridgehead atoms. The van der Waals surface area contributed by atoms with Crippen molar-refractivity contribution in [3.63, 3.8) is 0 Å². The molecule has 0 unspecified atom stereocenters. The number of unbranched alkanes of at least 4 members (excludes halogenated alkanes) is 2.